The maximum Gasteiger partial charge on any atom is 0.128 e. The summed E-state index contributed by atoms with van der Waals surface area (Å²) in [6, 6.07) is 9.77. The van der Waals surface area contributed by atoms with Gasteiger partial charge in [-0.1, -0.05) is 6.07 Å². The van der Waals surface area contributed by atoms with Gasteiger partial charge in [-0.05, 0) is 24.3 Å². The molecule has 0 aliphatic carbocycles. The van der Waals surface area contributed by atoms with E-state index in [0.29, 0.717) is 13.2 Å². The molecule has 0 saturated heterocycles. The van der Waals surface area contributed by atoms with E-state index in [1.54, 1.807) is 13.3 Å². The number of pyridine rings is 1. The molecular weight excluding hydrogens is 190 g/mol. The molecule has 1 aromatic carbocycles. The van der Waals surface area contributed by atoms with E-state index in [9.17, 15) is 0 Å². The van der Waals surface area contributed by atoms with Crippen LogP contribution >= 0.6 is 0 Å². The lowest BCUT2D eigenvalue weighted by Crippen LogP contribution is -2.04. The van der Waals surface area contributed by atoms with Gasteiger partial charge in [0.1, 0.15) is 12.4 Å². The molecule has 2 rings (SSSR count). The number of hydrogen-bond acceptors (Lipinski definition) is 3. The van der Waals surface area contributed by atoms with Crippen molar-refractivity contribution >= 4 is 10.9 Å². The van der Waals surface area contributed by atoms with Crippen LogP contribution < -0.4 is 4.74 Å². The molecule has 0 N–H and O–H groups in total. The zero-order chi connectivity index (χ0) is 10.5. The van der Waals surface area contributed by atoms with Gasteiger partial charge in [-0.3, -0.25) is 4.98 Å². The highest BCUT2D eigenvalue weighted by atomic mass is 16.5. The van der Waals surface area contributed by atoms with Crippen LogP contribution in [0.15, 0.2) is 36.5 Å². The molecule has 0 amide bonds. The zero-order valence-electron chi connectivity index (χ0n) is 8.64. The summed E-state index contributed by atoms with van der Waals surface area (Å²) in [7, 11) is 1.66. The first kappa shape index (κ1) is 9.93. The number of methoxy groups -OCH3 is 1. The van der Waals surface area contributed by atoms with Crippen molar-refractivity contribution in [1.82, 2.24) is 4.98 Å². The topological polar surface area (TPSA) is 31.4 Å². The van der Waals surface area contributed by atoms with Gasteiger partial charge >= 0.3 is 0 Å². The minimum atomic E-state index is 0.560. The second-order valence-electron chi connectivity index (χ2n) is 3.17. The summed E-state index contributed by atoms with van der Waals surface area (Å²) in [5.41, 5.74) is 0.951. The van der Waals surface area contributed by atoms with Gasteiger partial charge in [0.15, 0.2) is 0 Å². The Morgan fingerprint density at radius 3 is 2.93 bits per heavy atom. The normalized spacial score (nSPS) is 10.5. The predicted octanol–water partition coefficient (Wildman–Crippen LogP) is 2.26. The standard InChI is InChI=1S/C12H13NO2/c1-14-8-9-15-12-6-2-5-11-10(12)4-3-7-13-11/h2-7H,8-9H2,1H3. The molecule has 3 heteroatoms. The fourth-order valence-corrected chi connectivity index (χ4v) is 1.44. The van der Waals surface area contributed by atoms with Crippen LogP contribution in [0.1, 0.15) is 0 Å². The average molecular weight is 203 g/mol. The first-order chi connectivity index (χ1) is 7.42. The lowest BCUT2D eigenvalue weighted by atomic mass is 10.2. The summed E-state index contributed by atoms with van der Waals surface area (Å²) in [5, 5.41) is 1.04. The predicted molar refractivity (Wildman–Crippen MR) is 59.1 cm³/mol. The highest BCUT2D eigenvalue weighted by Gasteiger charge is 2.00. The van der Waals surface area contributed by atoms with E-state index < -0.39 is 0 Å². The first-order valence-corrected chi connectivity index (χ1v) is 4.87. The maximum atomic E-state index is 5.59. The summed E-state index contributed by atoms with van der Waals surface area (Å²) in [5.74, 6) is 0.859. The smallest absolute Gasteiger partial charge is 0.128 e. The Labute approximate surface area is 88.7 Å². The molecule has 0 bridgehead atoms. The molecule has 2 aromatic rings. The molecule has 0 radical (unpaired) electrons. The van der Waals surface area contributed by atoms with Gasteiger partial charge in [0.2, 0.25) is 0 Å². The van der Waals surface area contributed by atoms with E-state index in [1.807, 2.05) is 30.3 Å². The van der Waals surface area contributed by atoms with E-state index >= 15 is 0 Å². The van der Waals surface area contributed by atoms with Crippen LogP contribution in [-0.2, 0) is 4.74 Å². The Morgan fingerprint density at radius 2 is 2.07 bits per heavy atom. The third-order valence-corrected chi connectivity index (χ3v) is 2.15. The van der Waals surface area contributed by atoms with E-state index in [-0.39, 0.29) is 0 Å². The number of hydrogen-bond donors (Lipinski definition) is 0. The summed E-state index contributed by atoms with van der Waals surface area (Å²) < 4.78 is 10.5. The molecule has 1 aromatic heterocycles. The molecule has 1 heterocycles. The quantitative estimate of drug-likeness (QED) is 0.714. The Balaban J connectivity index is 2.26. The number of ether oxygens (including phenoxy) is 2. The number of nitrogens with zero attached hydrogens (tertiary/aromatic N) is 1. The van der Waals surface area contributed by atoms with Gasteiger partial charge in [-0.2, -0.15) is 0 Å². The lowest BCUT2D eigenvalue weighted by molar-refractivity contribution is 0.147. The minimum absolute atomic E-state index is 0.560. The van der Waals surface area contributed by atoms with Crippen LogP contribution in [0, 0.1) is 0 Å². The second-order valence-corrected chi connectivity index (χ2v) is 3.17. The lowest BCUT2D eigenvalue weighted by Gasteiger charge is -2.07. The number of rotatable bonds is 4. The van der Waals surface area contributed by atoms with Crippen molar-refractivity contribution in [3.8, 4) is 5.75 Å². The van der Waals surface area contributed by atoms with Crippen molar-refractivity contribution < 1.29 is 9.47 Å². The summed E-state index contributed by atoms with van der Waals surface area (Å²) in [6.45, 7) is 1.15. The van der Waals surface area contributed by atoms with Crippen LogP contribution in [0.2, 0.25) is 0 Å². The van der Waals surface area contributed by atoms with E-state index in [2.05, 4.69) is 4.98 Å². The molecule has 15 heavy (non-hydrogen) atoms. The molecule has 0 saturated carbocycles. The molecule has 0 atom stereocenters. The third kappa shape index (κ3) is 2.25. The molecule has 78 valence electrons. The van der Waals surface area contributed by atoms with Crippen molar-refractivity contribution in [2.45, 2.75) is 0 Å². The Kier molecular flexibility index (Phi) is 3.15. The van der Waals surface area contributed by atoms with Crippen LogP contribution in [0.4, 0.5) is 0 Å². The average Bonchev–Trinajstić information content (AvgIpc) is 2.30. The Bertz CT molecular complexity index is 437. The summed E-state index contributed by atoms with van der Waals surface area (Å²) in [6.07, 6.45) is 1.78. The monoisotopic (exact) mass is 203 g/mol. The summed E-state index contributed by atoms with van der Waals surface area (Å²) in [4.78, 5) is 4.26. The van der Waals surface area contributed by atoms with Gasteiger partial charge in [-0.25, -0.2) is 0 Å². The van der Waals surface area contributed by atoms with E-state index in [4.69, 9.17) is 9.47 Å². The van der Waals surface area contributed by atoms with Gasteiger partial charge < -0.3 is 9.47 Å². The van der Waals surface area contributed by atoms with Crippen molar-refractivity contribution in [2.75, 3.05) is 20.3 Å². The van der Waals surface area contributed by atoms with Gasteiger partial charge in [-0.15, -0.1) is 0 Å². The van der Waals surface area contributed by atoms with E-state index in [0.717, 1.165) is 16.7 Å². The van der Waals surface area contributed by atoms with Crippen molar-refractivity contribution in [1.29, 1.82) is 0 Å². The van der Waals surface area contributed by atoms with Crippen LogP contribution in [-0.4, -0.2) is 25.3 Å². The molecule has 0 spiro atoms. The third-order valence-electron chi connectivity index (χ3n) is 2.15. The molecule has 0 unspecified atom stereocenters. The Hall–Kier alpha value is -1.61. The summed E-state index contributed by atoms with van der Waals surface area (Å²) >= 11 is 0. The van der Waals surface area contributed by atoms with Gasteiger partial charge in [0.25, 0.3) is 0 Å². The SMILES string of the molecule is COCCOc1cccc2ncccc12. The van der Waals surface area contributed by atoms with Crippen molar-refractivity contribution in [3.63, 3.8) is 0 Å². The van der Waals surface area contributed by atoms with Crippen LogP contribution in [0.5, 0.6) is 5.75 Å². The highest BCUT2D eigenvalue weighted by molar-refractivity contribution is 5.84. The number of benzene rings is 1. The van der Waals surface area contributed by atoms with Crippen molar-refractivity contribution in [3.05, 3.63) is 36.5 Å². The van der Waals surface area contributed by atoms with Crippen LogP contribution in [0.25, 0.3) is 10.9 Å². The van der Waals surface area contributed by atoms with E-state index in [1.165, 1.54) is 0 Å². The molecule has 0 aliphatic rings. The molecule has 0 fully saturated rings. The number of fused-ring (bicyclic) bond motifs is 1. The van der Waals surface area contributed by atoms with Crippen molar-refractivity contribution in [2.24, 2.45) is 0 Å². The zero-order valence-corrected chi connectivity index (χ0v) is 8.64. The highest BCUT2D eigenvalue weighted by Crippen LogP contribution is 2.23. The van der Waals surface area contributed by atoms with Gasteiger partial charge in [0.05, 0.1) is 12.1 Å². The van der Waals surface area contributed by atoms with Gasteiger partial charge in [0, 0.05) is 18.7 Å². The Morgan fingerprint density at radius 1 is 1.13 bits per heavy atom. The molecular formula is C12H13NO2. The number of aromatic nitrogens is 1. The van der Waals surface area contributed by atoms with Crippen LogP contribution in [0.3, 0.4) is 0 Å². The maximum absolute atomic E-state index is 5.59. The molecule has 3 nitrogen and oxygen atoms in total. The minimum Gasteiger partial charge on any atom is -0.490 e. The largest absolute Gasteiger partial charge is 0.490 e. The fraction of sp³-hybridized carbons (Fsp3) is 0.250. The fourth-order valence-electron chi connectivity index (χ4n) is 1.44. The molecule has 0 aliphatic heterocycles. The second kappa shape index (κ2) is 4.75. The first-order valence-electron chi connectivity index (χ1n) is 4.87.